The van der Waals surface area contributed by atoms with Crippen LogP contribution in [0, 0.1) is 6.92 Å². The molecular weight excluding hydrogens is 378 g/mol. The lowest BCUT2D eigenvalue weighted by Gasteiger charge is -2.16. The van der Waals surface area contributed by atoms with Crippen molar-refractivity contribution in [2.24, 2.45) is 0 Å². The van der Waals surface area contributed by atoms with E-state index in [1.165, 1.54) is 6.08 Å². The van der Waals surface area contributed by atoms with Crippen LogP contribution in [0.4, 0.5) is 0 Å². The van der Waals surface area contributed by atoms with Crippen LogP contribution in [0.15, 0.2) is 42.5 Å². The highest BCUT2D eigenvalue weighted by molar-refractivity contribution is 6.31. The van der Waals surface area contributed by atoms with Gasteiger partial charge in [0.1, 0.15) is 6.61 Å². The number of aryl methyl sites for hydroxylation is 1. The number of nitrogens with one attached hydrogen (secondary N) is 1. The van der Waals surface area contributed by atoms with Crippen LogP contribution < -0.4 is 14.8 Å². The first-order chi connectivity index (χ1) is 13.4. The number of methoxy groups -OCH3 is 2. The van der Waals surface area contributed by atoms with Gasteiger partial charge >= 0.3 is 0 Å². The van der Waals surface area contributed by atoms with Crippen molar-refractivity contribution >= 4 is 23.6 Å². The van der Waals surface area contributed by atoms with Gasteiger partial charge in [0.2, 0.25) is 5.91 Å². The van der Waals surface area contributed by atoms with E-state index in [1.807, 2.05) is 50.2 Å². The second-order valence-corrected chi connectivity index (χ2v) is 6.73. The van der Waals surface area contributed by atoms with Crippen LogP contribution in [-0.4, -0.2) is 33.3 Å². The number of amides is 1. The maximum Gasteiger partial charge on any atom is 0.244 e. The molecule has 0 radical (unpaired) electrons. The van der Waals surface area contributed by atoms with E-state index in [9.17, 15) is 4.79 Å². The van der Waals surface area contributed by atoms with E-state index < -0.39 is 0 Å². The lowest BCUT2D eigenvalue weighted by atomic mass is 10.1. The van der Waals surface area contributed by atoms with E-state index in [-0.39, 0.29) is 11.9 Å². The molecule has 0 fully saturated rings. The Bertz CT molecular complexity index is 835. The van der Waals surface area contributed by atoms with E-state index in [4.69, 9.17) is 25.8 Å². The van der Waals surface area contributed by atoms with Crippen molar-refractivity contribution in [3.05, 3.63) is 64.2 Å². The quantitative estimate of drug-likeness (QED) is 0.492. The molecule has 0 aromatic heterocycles. The molecule has 150 valence electrons. The molecule has 0 aliphatic heterocycles. The van der Waals surface area contributed by atoms with Gasteiger partial charge in [0.15, 0.2) is 11.5 Å². The summed E-state index contributed by atoms with van der Waals surface area (Å²) in [6.45, 7) is 4.78. The Morgan fingerprint density at radius 1 is 1.14 bits per heavy atom. The standard InChI is InChI=1S/C22H26ClNO4/c1-15-5-6-17(13-19(15)23)7-10-22(25)24-16(2)18-8-9-20(21(14-18)27-4)28-12-11-26-3/h5-10,13-14,16H,11-12H2,1-4H3,(H,24,25). The minimum absolute atomic E-state index is 0.191. The lowest BCUT2D eigenvalue weighted by Crippen LogP contribution is -2.24. The number of carbonyl (C=O) groups excluding carboxylic acids is 1. The highest BCUT2D eigenvalue weighted by atomic mass is 35.5. The van der Waals surface area contributed by atoms with E-state index in [0.29, 0.717) is 29.7 Å². The normalized spacial score (nSPS) is 12.0. The highest BCUT2D eigenvalue weighted by Gasteiger charge is 2.12. The molecule has 0 saturated heterocycles. The molecule has 6 heteroatoms. The minimum Gasteiger partial charge on any atom is -0.493 e. The number of rotatable bonds is 9. The molecule has 0 bridgehead atoms. The first-order valence-corrected chi connectivity index (χ1v) is 9.36. The maximum absolute atomic E-state index is 12.2. The van der Waals surface area contributed by atoms with Crippen molar-refractivity contribution in [3.8, 4) is 11.5 Å². The Kier molecular flexibility index (Phi) is 8.36. The first kappa shape index (κ1) is 21.8. The van der Waals surface area contributed by atoms with Crippen molar-refractivity contribution in [1.82, 2.24) is 5.32 Å². The fourth-order valence-electron chi connectivity index (χ4n) is 2.54. The van der Waals surface area contributed by atoms with Crippen LogP contribution in [0.5, 0.6) is 11.5 Å². The fraction of sp³-hybridized carbons (Fsp3) is 0.318. The van der Waals surface area contributed by atoms with Crippen LogP contribution in [-0.2, 0) is 9.53 Å². The van der Waals surface area contributed by atoms with Gasteiger partial charge in [-0.3, -0.25) is 4.79 Å². The number of benzene rings is 2. The Morgan fingerprint density at radius 2 is 1.93 bits per heavy atom. The highest BCUT2D eigenvalue weighted by Crippen LogP contribution is 2.30. The van der Waals surface area contributed by atoms with Gasteiger partial charge in [0.05, 0.1) is 19.8 Å². The molecule has 0 heterocycles. The predicted molar refractivity (Wildman–Crippen MR) is 112 cm³/mol. The summed E-state index contributed by atoms with van der Waals surface area (Å²) in [4.78, 5) is 12.2. The van der Waals surface area contributed by atoms with E-state index in [2.05, 4.69) is 5.32 Å². The zero-order chi connectivity index (χ0) is 20.5. The van der Waals surface area contributed by atoms with E-state index >= 15 is 0 Å². The van der Waals surface area contributed by atoms with Gasteiger partial charge in [-0.05, 0) is 54.8 Å². The van der Waals surface area contributed by atoms with E-state index in [1.54, 1.807) is 20.3 Å². The third kappa shape index (κ3) is 6.29. The van der Waals surface area contributed by atoms with Gasteiger partial charge in [0.25, 0.3) is 0 Å². The number of hydrogen-bond acceptors (Lipinski definition) is 4. The molecule has 2 aromatic carbocycles. The number of carbonyl (C=O) groups is 1. The largest absolute Gasteiger partial charge is 0.493 e. The zero-order valence-corrected chi connectivity index (χ0v) is 17.4. The summed E-state index contributed by atoms with van der Waals surface area (Å²) < 4.78 is 16.0. The molecule has 0 spiro atoms. The van der Waals surface area contributed by atoms with Crippen LogP contribution >= 0.6 is 11.6 Å². The smallest absolute Gasteiger partial charge is 0.244 e. The second-order valence-electron chi connectivity index (χ2n) is 6.32. The summed E-state index contributed by atoms with van der Waals surface area (Å²) in [5, 5.41) is 3.62. The lowest BCUT2D eigenvalue weighted by molar-refractivity contribution is -0.117. The Labute approximate surface area is 171 Å². The molecule has 0 saturated carbocycles. The summed E-state index contributed by atoms with van der Waals surface area (Å²) in [6, 6.07) is 11.1. The zero-order valence-electron chi connectivity index (χ0n) is 16.6. The topological polar surface area (TPSA) is 56.8 Å². The number of hydrogen-bond donors (Lipinski definition) is 1. The summed E-state index contributed by atoms with van der Waals surface area (Å²) in [6.07, 6.45) is 3.23. The molecule has 1 atom stereocenters. The predicted octanol–water partition coefficient (Wildman–Crippen LogP) is 4.57. The summed E-state index contributed by atoms with van der Waals surface area (Å²) in [7, 11) is 3.21. The monoisotopic (exact) mass is 403 g/mol. The van der Waals surface area contributed by atoms with Crippen molar-refractivity contribution in [2.75, 3.05) is 27.4 Å². The van der Waals surface area contributed by atoms with Crippen LogP contribution in [0.2, 0.25) is 5.02 Å². The van der Waals surface area contributed by atoms with Crippen molar-refractivity contribution in [1.29, 1.82) is 0 Å². The number of ether oxygens (including phenoxy) is 3. The van der Waals surface area contributed by atoms with Crippen molar-refractivity contribution < 1.29 is 19.0 Å². The molecule has 2 rings (SSSR count). The van der Waals surface area contributed by atoms with Gasteiger partial charge in [-0.2, -0.15) is 0 Å². The molecule has 1 N–H and O–H groups in total. The van der Waals surface area contributed by atoms with E-state index in [0.717, 1.165) is 16.7 Å². The average molecular weight is 404 g/mol. The Balaban J connectivity index is 2.00. The third-order valence-corrected chi connectivity index (χ3v) is 4.62. The van der Waals surface area contributed by atoms with Crippen LogP contribution in [0.1, 0.15) is 29.7 Å². The second kappa shape index (κ2) is 10.7. The van der Waals surface area contributed by atoms with Crippen molar-refractivity contribution in [2.45, 2.75) is 19.9 Å². The molecular formula is C22H26ClNO4. The molecule has 2 aromatic rings. The first-order valence-electron chi connectivity index (χ1n) is 8.99. The average Bonchev–Trinajstić information content (AvgIpc) is 2.69. The molecule has 0 aliphatic carbocycles. The van der Waals surface area contributed by atoms with Gasteiger partial charge in [-0.15, -0.1) is 0 Å². The molecule has 1 unspecified atom stereocenters. The molecule has 0 aliphatic rings. The van der Waals surface area contributed by atoms with Crippen LogP contribution in [0.3, 0.4) is 0 Å². The summed E-state index contributed by atoms with van der Waals surface area (Å²) in [5.41, 5.74) is 2.79. The Hall–Kier alpha value is -2.50. The van der Waals surface area contributed by atoms with Crippen molar-refractivity contribution in [3.63, 3.8) is 0 Å². The molecule has 5 nitrogen and oxygen atoms in total. The fourth-order valence-corrected chi connectivity index (χ4v) is 2.73. The maximum atomic E-state index is 12.2. The SMILES string of the molecule is COCCOc1ccc(C(C)NC(=O)C=Cc2ccc(C)c(Cl)c2)cc1OC. The van der Waals surface area contributed by atoms with Gasteiger partial charge in [-0.1, -0.05) is 29.8 Å². The van der Waals surface area contributed by atoms with Gasteiger partial charge in [-0.25, -0.2) is 0 Å². The van der Waals surface area contributed by atoms with Gasteiger partial charge < -0.3 is 19.5 Å². The Morgan fingerprint density at radius 3 is 2.61 bits per heavy atom. The third-order valence-electron chi connectivity index (χ3n) is 4.21. The van der Waals surface area contributed by atoms with Gasteiger partial charge in [0, 0.05) is 18.2 Å². The summed E-state index contributed by atoms with van der Waals surface area (Å²) >= 11 is 6.11. The van der Waals surface area contributed by atoms with Crippen LogP contribution in [0.25, 0.3) is 6.08 Å². The summed E-state index contributed by atoms with van der Waals surface area (Å²) in [5.74, 6) is 1.06. The molecule has 1 amide bonds. The molecule has 28 heavy (non-hydrogen) atoms. The number of halogens is 1. The minimum atomic E-state index is -0.194.